The number of carbonyl (C=O) groups excluding carboxylic acids is 2. The zero-order valence-corrected chi connectivity index (χ0v) is 21.9. The van der Waals surface area contributed by atoms with Crippen LogP contribution in [0.3, 0.4) is 0 Å². The molecule has 0 radical (unpaired) electrons. The van der Waals surface area contributed by atoms with Crippen LogP contribution in [0.1, 0.15) is 22.3 Å². The summed E-state index contributed by atoms with van der Waals surface area (Å²) in [5.41, 5.74) is 1.94. The number of carbonyl (C=O) groups is 3. The lowest BCUT2D eigenvalue weighted by Crippen LogP contribution is -2.37. The highest BCUT2D eigenvalue weighted by atomic mass is 32.2. The van der Waals surface area contributed by atoms with Gasteiger partial charge in [-0.3, -0.25) is 14.6 Å². The van der Waals surface area contributed by atoms with Crippen molar-refractivity contribution in [2.24, 2.45) is 0 Å². The van der Waals surface area contributed by atoms with Gasteiger partial charge >= 0.3 is 5.97 Å². The molecule has 11 nitrogen and oxygen atoms in total. The minimum Gasteiger partial charge on any atom is -0.492 e. The van der Waals surface area contributed by atoms with Gasteiger partial charge in [-0.15, -0.1) is 0 Å². The smallest absolute Gasteiger partial charge is 0.305 e. The van der Waals surface area contributed by atoms with Crippen molar-refractivity contribution in [2.75, 3.05) is 33.8 Å². The number of ether oxygens (including phenoxy) is 1. The number of hydrogen-bond donors (Lipinski definition) is 3. The standard InChI is InChI=1S/C26H30N4O7S/c1-30(2)13-12-28-26(34)19-8-9-24(38(35,36)29-20(17-31)16-25(32)33)23(15-19)37-14-10-18-5-3-7-22-21(18)6-4-11-27-22/h3-9,11,15,17,20,29H,10,12-14,16H2,1-2H3,(H,28,34)(H,32,33)/t20-/m0/s1. The van der Waals surface area contributed by atoms with Gasteiger partial charge in [-0.1, -0.05) is 18.2 Å². The Morgan fingerprint density at radius 1 is 1.16 bits per heavy atom. The van der Waals surface area contributed by atoms with Gasteiger partial charge in [0.25, 0.3) is 5.91 Å². The molecular formula is C26H30N4O7S. The summed E-state index contributed by atoms with van der Waals surface area (Å²) in [6.07, 6.45) is 1.61. The van der Waals surface area contributed by atoms with E-state index in [2.05, 4.69) is 15.0 Å². The number of carboxylic acids is 1. The maximum Gasteiger partial charge on any atom is 0.305 e. The van der Waals surface area contributed by atoms with Crippen molar-refractivity contribution in [1.29, 1.82) is 0 Å². The Balaban J connectivity index is 1.87. The lowest BCUT2D eigenvalue weighted by Gasteiger charge is -2.17. The normalized spacial score (nSPS) is 12.3. The number of likely N-dealkylation sites (N-methyl/N-ethyl adjacent to an activating group) is 1. The molecule has 3 aromatic rings. The van der Waals surface area contributed by atoms with Crippen LogP contribution in [0.5, 0.6) is 5.75 Å². The summed E-state index contributed by atoms with van der Waals surface area (Å²) in [6.45, 7) is 1.07. The Labute approximate surface area is 220 Å². The molecule has 3 N–H and O–H groups in total. The highest BCUT2D eigenvalue weighted by molar-refractivity contribution is 7.89. The summed E-state index contributed by atoms with van der Waals surface area (Å²) in [6, 6.07) is 11.8. The molecule has 0 saturated heterocycles. The van der Waals surface area contributed by atoms with Gasteiger partial charge in [-0.25, -0.2) is 13.1 Å². The van der Waals surface area contributed by atoms with Crippen LogP contribution in [0.2, 0.25) is 0 Å². The second-order valence-corrected chi connectivity index (χ2v) is 10.5. The Morgan fingerprint density at radius 2 is 1.95 bits per heavy atom. The average Bonchev–Trinajstić information content (AvgIpc) is 2.87. The van der Waals surface area contributed by atoms with Crippen molar-refractivity contribution < 1.29 is 32.6 Å². The predicted octanol–water partition coefficient (Wildman–Crippen LogP) is 1.47. The molecule has 12 heteroatoms. The van der Waals surface area contributed by atoms with E-state index in [4.69, 9.17) is 9.84 Å². The fourth-order valence-corrected chi connectivity index (χ4v) is 5.00. The highest BCUT2D eigenvalue weighted by Gasteiger charge is 2.26. The summed E-state index contributed by atoms with van der Waals surface area (Å²) >= 11 is 0. The molecule has 38 heavy (non-hydrogen) atoms. The van der Waals surface area contributed by atoms with Crippen molar-refractivity contribution in [3.05, 3.63) is 65.9 Å². The Bertz CT molecular complexity index is 1400. The van der Waals surface area contributed by atoms with Gasteiger partial charge in [-0.2, -0.15) is 0 Å². The van der Waals surface area contributed by atoms with E-state index in [0.717, 1.165) is 16.5 Å². The second-order valence-electron chi connectivity index (χ2n) is 8.77. The van der Waals surface area contributed by atoms with Gasteiger partial charge in [0.1, 0.15) is 16.9 Å². The summed E-state index contributed by atoms with van der Waals surface area (Å²) in [5.74, 6) is -1.85. The monoisotopic (exact) mass is 542 g/mol. The molecule has 0 fully saturated rings. The number of carboxylic acid groups (broad SMARTS) is 1. The topological polar surface area (TPSA) is 155 Å². The zero-order valence-electron chi connectivity index (χ0n) is 21.1. The van der Waals surface area contributed by atoms with Gasteiger partial charge in [0.05, 0.1) is 24.6 Å². The highest BCUT2D eigenvalue weighted by Crippen LogP contribution is 2.27. The molecule has 0 spiro atoms. The number of aromatic nitrogens is 1. The maximum absolute atomic E-state index is 13.1. The first-order valence-corrected chi connectivity index (χ1v) is 13.3. The van der Waals surface area contributed by atoms with Gasteiger partial charge in [0.2, 0.25) is 10.0 Å². The zero-order chi connectivity index (χ0) is 27.7. The number of hydrogen-bond acceptors (Lipinski definition) is 8. The van der Waals surface area contributed by atoms with Crippen LogP contribution >= 0.6 is 0 Å². The van der Waals surface area contributed by atoms with Crippen molar-refractivity contribution in [3.8, 4) is 5.75 Å². The molecule has 0 saturated carbocycles. The van der Waals surface area contributed by atoms with Gasteiger partial charge in [-0.05, 0) is 50.0 Å². The molecule has 2 aromatic carbocycles. The molecule has 0 aliphatic carbocycles. The Kier molecular flexibility index (Phi) is 9.88. The van der Waals surface area contributed by atoms with E-state index in [-0.39, 0.29) is 29.1 Å². The van der Waals surface area contributed by atoms with Crippen LogP contribution in [0.25, 0.3) is 10.9 Å². The van der Waals surface area contributed by atoms with E-state index in [9.17, 15) is 22.8 Å². The maximum atomic E-state index is 13.1. The van der Waals surface area contributed by atoms with Crippen LogP contribution in [0.4, 0.5) is 0 Å². The molecule has 1 aromatic heterocycles. The summed E-state index contributed by atoms with van der Waals surface area (Å²) in [5, 5.41) is 12.7. The quantitative estimate of drug-likeness (QED) is 0.257. The molecule has 0 aliphatic heterocycles. The van der Waals surface area contributed by atoms with E-state index in [1.165, 1.54) is 18.2 Å². The van der Waals surface area contributed by atoms with Gasteiger partial charge in [0.15, 0.2) is 0 Å². The van der Waals surface area contributed by atoms with Crippen molar-refractivity contribution in [2.45, 2.75) is 23.8 Å². The van der Waals surface area contributed by atoms with E-state index < -0.39 is 34.4 Å². The second kappa shape index (κ2) is 13.1. The molecule has 1 atom stereocenters. The van der Waals surface area contributed by atoms with E-state index in [1.54, 1.807) is 6.20 Å². The van der Waals surface area contributed by atoms with Gasteiger partial charge < -0.3 is 24.9 Å². The summed E-state index contributed by atoms with van der Waals surface area (Å²) in [4.78, 5) is 40.9. The predicted molar refractivity (Wildman–Crippen MR) is 141 cm³/mol. The van der Waals surface area contributed by atoms with Crippen molar-refractivity contribution in [1.82, 2.24) is 19.9 Å². The molecule has 0 unspecified atom stereocenters. The van der Waals surface area contributed by atoms with Crippen molar-refractivity contribution >= 4 is 39.1 Å². The number of aldehydes is 1. The number of sulfonamides is 1. The first-order chi connectivity index (χ1) is 18.1. The molecule has 3 rings (SSSR count). The Morgan fingerprint density at radius 3 is 2.66 bits per heavy atom. The van der Waals surface area contributed by atoms with E-state index in [0.29, 0.717) is 19.5 Å². The number of fused-ring (bicyclic) bond motifs is 1. The molecule has 202 valence electrons. The molecule has 0 aliphatic rings. The fourth-order valence-electron chi connectivity index (χ4n) is 3.70. The first kappa shape index (κ1) is 28.7. The molecule has 1 amide bonds. The minimum atomic E-state index is -4.37. The summed E-state index contributed by atoms with van der Waals surface area (Å²) in [7, 11) is -0.629. The van der Waals surface area contributed by atoms with Crippen LogP contribution in [0.15, 0.2) is 59.6 Å². The minimum absolute atomic E-state index is 0.0778. The average molecular weight is 543 g/mol. The van der Waals surface area contributed by atoms with Crippen LogP contribution in [0, 0.1) is 0 Å². The first-order valence-electron chi connectivity index (χ1n) is 11.8. The molecule has 1 heterocycles. The lowest BCUT2D eigenvalue weighted by molar-refractivity contribution is -0.138. The number of nitrogens with zero attached hydrogens (tertiary/aromatic N) is 2. The third-order valence-corrected chi connectivity index (χ3v) is 7.10. The number of pyridine rings is 1. The summed E-state index contributed by atoms with van der Waals surface area (Å²) < 4.78 is 34.1. The Hall–Kier alpha value is -3.87. The number of rotatable bonds is 14. The van der Waals surface area contributed by atoms with Gasteiger partial charge in [0, 0.05) is 36.7 Å². The third-order valence-electron chi connectivity index (χ3n) is 5.57. The van der Waals surface area contributed by atoms with Crippen LogP contribution < -0.4 is 14.8 Å². The van der Waals surface area contributed by atoms with Crippen molar-refractivity contribution in [3.63, 3.8) is 0 Å². The van der Waals surface area contributed by atoms with E-state index >= 15 is 0 Å². The molecule has 0 bridgehead atoms. The SMILES string of the molecule is CN(C)CCNC(=O)c1ccc(S(=O)(=O)N[C@H](C=O)CC(=O)O)c(OCCc2cccc3ncccc23)c1. The largest absolute Gasteiger partial charge is 0.492 e. The number of aliphatic carboxylic acids is 1. The third kappa shape index (κ3) is 7.81. The fraction of sp³-hybridized carbons (Fsp3) is 0.308. The number of amides is 1. The molecular weight excluding hydrogens is 512 g/mol. The lowest BCUT2D eigenvalue weighted by atomic mass is 10.1. The van der Waals surface area contributed by atoms with E-state index in [1.807, 2.05) is 49.3 Å². The number of benzene rings is 2. The number of nitrogens with one attached hydrogen (secondary N) is 2. The van der Waals surface area contributed by atoms with Crippen LogP contribution in [-0.2, 0) is 26.0 Å². The van der Waals surface area contributed by atoms with Crippen LogP contribution in [-0.4, -0.2) is 81.4 Å².